The van der Waals surface area contributed by atoms with Gasteiger partial charge in [0.25, 0.3) is 5.56 Å². The number of fused-ring (bicyclic) bond motifs is 1. The van der Waals surface area contributed by atoms with Crippen LogP contribution in [0.2, 0.25) is 0 Å². The van der Waals surface area contributed by atoms with Gasteiger partial charge in [-0.05, 0) is 33.6 Å². The van der Waals surface area contributed by atoms with E-state index in [1.54, 1.807) is 32.5 Å². The largest absolute Gasteiger partial charge is 0.444 e. The summed E-state index contributed by atoms with van der Waals surface area (Å²) in [7, 11) is 0. The number of piperidine rings is 1. The summed E-state index contributed by atoms with van der Waals surface area (Å²) in [6.45, 7) is 6.69. The lowest BCUT2D eigenvalue weighted by Crippen LogP contribution is -2.45. The molecule has 7 nitrogen and oxygen atoms in total. The van der Waals surface area contributed by atoms with E-state index in [4.69, 9.17) is 4.74 Å². The number of carbonyl (C=O) groups excluding carboxylic acids is 1. The topological polar surface area (TPSA) is 68.8 Å². The number of amides is 1. The van der Waals surface area contributed by atoms with Gasteiger partial charge in [-0.15, -0.1) is 0 Å². The summed E-state index contributed by atoms with van der Waals surface area (Å²) in [5, 5.41) is 0. The van der Waals surface area contributed by atoms with Gasteiger partial charge in [0.05, 0.1) is 6.04 Å². The first kappa shape index (κ1) is 15.6. The first-order chi connectivity index (χ1) is 10.8. The smallest absolute Gasteiger partial charge is 0.410 e. The van der Waals surface area contributed by atoms with Gasteiger partial charge >= 0.3 is 6.09 Å². The van der Waals surface area contributed by atoms with E-state index in [9.17, 15) is 9.59 Å². The zero-order chi connectivity index (χ0) is 16.6. The summed E-state index contributed by atoms with van der Waals surface area (Å²) in [6.07, 6.45) is 8.31. The van der Waals surface area contributed by atoms with Crippen molar-refractivity contribution in [2.75, 3.05) is 13.1 Å². The van der Waals surface area contributed by atoms with E-state index in [1.807, 2.05) is 27.0 Å². The Balaban J connectivity index is 1.81. The van der Waals surface area contributed by atoms with Crippen molar-refractivity contribution < 1.29 is 9.53 Å². The molecule has 0 aliphatic carbocycles. The standard InChI is InChI=1S/C16H22N4O3/c1-16(2,3)23-15(22)19-7-4-5-12(11-19)20-10-9-18-8-6-17-13(18)14(20)21/h6,8-10,12H,4-5,7,11H2,1-3H3. The molecule has 7 heteroatoms. The first-order valence-electron chi connectivity index (χ1n) is 7.87. The lowest BCUT2D eigenvalue weighted by molar-refractivity contribution is 0.0171. The van der Waals surface area contributed by atoms with Crippen molar-refractivity contribution in [3.05, 3.63) is 35.1 Å². The molecule has 0 N–H and O–H groups in total. The minimum absolute atomic E-state index is 0.0505. The molecule has 2 aromatic heterocycles. The van der Waals surface area contributed by atoms with E-state index in [0.29, 0.717) is 18.7 Å². The molecule has 1 fully saturated rings. The Labute approximate surface area is 134 Å². The zero-order valence-electron chi connectivity index (χ0n) is 13.7. The minimum Gasteiger partial charge on any atom is -0.444 e. The summed E-state index contributed by atoms with van der Waals surface area (Å²) in [5.41, 5.74) is -0.245. The molecule has 0 aromatic carbocycles. The van der Waals surface area contributed by atoms with Crippen LogP contribution in [0.3, 0.4) is 0 Å². The third kappa shape index (κ3) is 3.23. The highest BCUT2D eigenvalue weighted by atomic mass is 16.6. The molecule has 1 saturated heterocycles. The molecule has 3 rings (SSSR count). The van der Waals surface area contributed by atoms with E-state index in [2.05, 4.69) is 4.98 Å². The molecule has 0 radical (unpaired) electrons. The summed E-state index contributed by atoms with van der Waals surface area (Å²) in [5.74, 6) is 0. The van der Waals surface area contributed by atoms with Gasteiger partial charge in [0.1, 0.15) is 5.60 Å². The highest BCUT2D eigenvalue weighted by Gasteiger charge is 2.29. The number of rotatable bonds is 1. The van der Waals surface area contributed by atoms with Crippen LogP contribution in [0.4, 0.5) is 4.79 Å². The second-order valence-electron chi connectivity index (χ2n) is 6.89. The van der Waals surface area contributed by atoms with Crippen LogP contribution < -0.4 is 5.56 Å². The van der Waals surface area contributed by atoms with Gasteiger partial charge in [-0.25, -0.2) is 9.78 Å². The van der Waals surface area contributed by atoms with E-state index in [0.717, 1.165) is 12.8 Å². The van der Waals surface area contributed by atoms with Crippen LogP contribution in [0.1, 0.15) is 39.7 Å². The number of hydrogen-bond donors (Lipinski definition) is 0. The predicted molar refractivity (Wildman–Crippen MR) is 85.5 cm³/mol. The molecule has 0 spiro atoms. The third-order valence-electron chi connectivity index (χ3n) is 3.92. The number of carbonyl (C=O) groups is 1. The molecule has 2 aromatic rings. The fourth-order valence-electron chi connectivity index (χ4n) is 2.89. The van der Waals surface area contributed by atoms with Crippen LogP contribution in [-0.2, 0) is 4.74 Å². The highest BCUT2D eigenvalue weighted by molar-refractivity contribution is 5.68. The van der Waals surface area contributed by atoms with Crippen LogP contribution in [0, 0.1) is 0 Å². The predicted octanol–water partition coefficient (Wildman–Crippen LogP) is 2.07. The van der Waals surface area contributed by atoms with Gasteiger partial charge in [-0.1, -0.05) is 0 Å². The Morgan fingerprint density at radius 3 is 2.83 bits per heavy atom. The van der Waals surface area contributed by atoms with Gasteiger partial charge in [0.15, 0.2) is 0 Å². The molecule has 124 valence electrons. The second kappa shape index (κ2) is 5.72. The SMILES string of the molecule is CC(C)(C)OC(=O)N1CCCC(n2ccn3ccnc3c2=O)C1. The van der Waals surface area contributed by atoms with Crippen LogP contribution in [0.5, 0.6) is 0 Å². The number of imidazole rings is 1. The number of nitrogens with zero attached hydrogens (tertiary/aromatic N) is 4. The molecular formula is C16H22N4O3. The highest BCUT2D eigenvalue weighted by Crippen LogP contribution is 2.22. The monoisotopic (exact) mass is 318 g/mol. The maximum atomic E-state index is 12.5. The van der Waals surface area contributed by atoms with Crippen molar-refractivity contribution in [3.63, 3.8) is 0 Å². The van der Waals surface area contributed by atoms with Crippen molar-refractivity contribution in [1.82, 2.24) is 18.9 Å². The quantitative estimate of drug-likeness (QED) is 0.807. The lowest BCUT2D eigenvalue weighted by atomic mass is 10.1. The van der Waals surface area contributed by atoms with Gasteiger partial charge in [-0.3, -0.25) is 4.79 Å². The summed E-state index contributed by atoms with van der Waals surface area (Å²) < 4.78 is 8.81. The third-order valence-corrected chi connectivity index (χ3v) is 3.92. The van der Waals surface area contributed by atoms with E-state index >= 15 is 0 Å². The fraction of sp³-hybridized carbons (Fsp3) is 0.562. The van der Waals surface area contributed by atoms with Crippen molar-refractivity contribution in [1.29, 1.82) is 0 Å². The van der Waals surface area contributed by atoms with Crippen LogP contribution in [-0.4, -0.2) is 43.6 Å². The molecule has 3 heterocycles. The average molecular weight is 318 g/mol. The first-order valence-corrected chi connectivity index (χ1v) is 7.87. The summed E-state index contributed by atoms with van der Waals surface area (Å²) in [4.78, 5) is 30.6. The Kier molecular flexibility index (Phi) is 3.87. The Bertz CT molecular complexity index is 771. The molecule has 1 atom stereocenters. The second-order valence-corrected chi connectivity index (χ2v) is 6.89. The maximum Gasteiger partial charge on any atom is 0.410 e. The van der Waals surface area contributed by atoms with E-state index in [1.165, 1.54) is 0 Å². The molecule has 1 aliphatic rings. The number of likely N-dealkylation sites (tertiary alicyclic amines) is 1. The zero-order valence-corrected chi connectivity index (χ0v) is 13.7. The van der Waals surface area contributed by atoms with Gasteiger partial charge in [-0.2, -0.15) is 0 Å². The van der Waals surface area contributed by atoms with Crippen molar-refractivity contribution in [2.24, 2.45) is 0 Å². The van der Waals surface area contributed by atoms with E-state index in [-0.39, 0.29) is 17.7 Å². The minimum atomic E-state index is -0.518. The summed E-state index contributed by atoms with van der Waals surface area (Å²) in [6, 6.07) is -0.0505. The van der Waals surface area contributed by atoms with E-state index < -0.39 is 5.60 Å². The molecule has 1 amide bonds. The van der Waals surface area contributed by atoms with Crippen LogP contribution in [0.25, 0.3) is 5.65 Å². The Morgan fingerprint density at radius 2 is 2.09 bits per heavy atom. The maximum absolute atomic E-state index is 12.5. The van der Waals surface area contributed by atoms with Gasteiger partial charge in [0.2, 0.25) is 5.65 Å². The lowest BCUT2D eigenvalue weighted by Gasteiger charge is -2.34. The normalized spacial score (nSPS) is 19.1. The van der Waals surface area contributed by atoms with Gasteiger partial charge < -0.3 is 18.6 Å². The Hall–Kier alpha value is -2.31. The average Bonchev–Trinajstić information content (AvgIpc) is 2.95. The number of aromatic nitrogens is 3. The molecule has 1 aliphatic heterocycles. The Morgan fingerprint density at radius 1 is 1.30 bits per heavy atom. The van der Waals surface area contributed by atoms with Crippen LogP contribution in [0.15, 0.2) is 29.6 Å². The van der Waals surface area contributed by atoms with Crippen molar-refractivity contribution in [2.45, 2.75) is 45.3 Å². The number of ether oxygens (including phenoxy) is 1. The van der Waals surface area contributed by atoms with Crippen molar-refractivity contribution in [3.8, 4) is 0 Å². The van der Waals surface area contributed by atoms with Crippen LogP contribution >= 0.6 is 0 Å². The number of hydrogen-bond acceptors (Lipinski definition) is 4. The fourth-order valence-corrected chi connectivity index (χ4v) is 2.89. The van der Waals surface area contributed by atoms with Gasteiger partial charge in [0, 0.05) is 37.9 Å². The molecule has 0 bridgehead atoms. The molecule has 0 saturated carbocycles. The van der Waals surface area contributed by atoms with Crippen molar-refractivity contribution >= 4 is 11.7 Å². The molecular weight excluding hydrogens is 296 g/mol. The molecule has 1 unspecified atom stereocenters. The summed E-state index contributed by atoms with van der Waals surface area (Å²) >= 11 is 0. The molecule has 23 heavy (non-hydrogen) atoms.